The molecule has 2 rings (SSSR count). The molecule has 1 saturated carbocycles. The summed E-state index contributed by atoms with van der Waals surface area (Å²) in [7, 11) is 0. The number of hydrogen-bond donors (Lipinski definition) is 1. The third-order valence-electron chi connectivity index (χ3n) is 3.52. The SMILES string of the molecule is CC(C)CN(CC(C)C)c1ccc(N)c(OCC2CC2)n1. The second-order valence-electron chi connectivity index (χ2n) is 7.01. The van der Waals surface area contributed by atoms with Crippen LogP contribution in [0.3, 0.4) is 0 Å². The molecule has 1 aromatic rings. The van der Waals surface area contributed by atoms with Crippen LogP contribution >= 0.6 is 0 Å². The van der Waals surface area contributed by atoms with Gasteiger partial charge in [0.05, 0.1) is 12.3 Å². The zero-order valence-corrected chi connectivity index (χ0v) is 13.8. The Bertz CT molecular complexity index is 445. The fraction of sp³-hybridized carbons (Fsp3) is 0.706. The molecule has 2 N–H and O–H groups in total. The highest BCUT2D eigenvalue weighted by atomic mass is 16.5. The van der Waals surface area contributed by atoms with Crippen LogP contribution in [0.4, 0.5) is 11.5 Å². The van der Waals surface area contributed by atoms with Gasteiger partial charge in [-0.3, -0.25) is 0 Å². The quantitative estimate of drug-likeness (QED) is 0.795. The average molecular weight is 291 g/mol. The van der Waals surface area contributed by atoms with E-state index in [-0.39, 0.29) is 0 Å². The van der Waals surface area contributed by atoms with Crippen LogP contribution in [-0.4, -0.2) is 24.7 Å². The maximum Gasteiger partial charge on any atom is 0.239 e. The average Bonchev–Trinajstić information content (AvgIpc) is 3.20. The summed E-state index contributed by atoms with van der Waals surface area (Å²) in [6.45, 7) is 11.7. The van der Waals surface area contributed by atoms with Crippen LogP contribution in [0.1, 0.15) is 40.5 Å². The van der Waals surface area contributed by atoms with Crippen molar-refractivity contribution in [2.24, 2.45) is 17.8 Å². The number of nitrogens with zero attached hydrogens (tertiary/aromatic N) is 2. The van der Waals surface area contributed by atoms with E-state index in [2.05, 4.69) is 37.6 Å². The number of aromatic nitrogens is 1. The van der Waals surface area contributed by atoms with Gasteiger partial charge < -0.3 is 15.4 Å². The number of anilines is 2. The number of rotatable bonds is 8. The second-order valence-corrected chi connectivity index (χ2v) is 7.01. The fourth-order valence-corrected chi connectivity index (χ4v) is 2.36. The van der Waals surface area contributed by atoms with Crippen molar-refractivity contribution in [1.29, 1.82) is 0 Å². The molecule has 0 unspecified atom stereocenters. The first-order valence-electron chi connectivity index (χ1n) is 8.10. The Morgan fingerprint density at radius 3 is 2.33 bits per heavy atom. The first kappa shape index (κ1) is 15.9. The molecule has 0 saturated heterocycles. The molecule has 1 fully saturated rings. The summed E-state index contributed by atoms with van der Waals surface area (Å²) in [6.07, 6.45) is 2.54. The van der Waals surface area contributed by atoms with Gasteiger partial charge in [0.15, 0.2) is 0 Å². The topological polar surface area (TPSA) is 51.4 Å². The van der Waals surface area contributed by atoms with Gasteiger partial charge in [0.25, 0.3) is 0 Å². The lowest BCUT2D eigenvalue weighted by atomic mass is 10.1. The normalized spacial score (nSPS) is 14.8. The molecule has 0 radical (unpaired) electrons. The lowest BCUT2D eigenvalue weighted by Gasteiger charge is -2.28. The van der Waals surface area contributed by atoms with E-state index < -0.39 is 0 Å². The smallest absolute Gasteiger partial charge is 0.239 e. The Kier molecular flexibility index (Phi) is 5.32. The highest BCUT2D eigenvalue weighted by Crippen LogP contribution is 2.31. The van der Waals surface area contributed by atoms with E-state index in [9.17, 15) is 0 Å². The zero-order chi connectivity index (χ0) is 15.4. The molecule has 0 amide bonds. The highest BCUT2D eigenvalue weighted by Gasteiger charge is 2.23. The molecule has 118 valence electrons. The summed E-state index contributed by atoms with van der Waals surface area (Å²) in [5.74, 6) is 3.46. The molecule has 1 aliphatic carbocycles. The van der Waals surface area contributed by atoms with E-state index in [1.165, 1.54) is 12.8 Å². The number of ether oxygens (including phenoxy) is 1. The predicted molar refractivity (Wildman–Crippen MR) is 88.8 cm³/mol. The number of nitrogens with two attached hydrogens (primary N) is 1. The predicted octanol–water partition coefficient (Wildman–Crippen LogP) is 3.57. The van der Waals surface area contributed by atoms with Gasteiger partial charge in [0.2, 0.25) is 5.88 Å². The van der Waals surface area contributed by atoms with Crippen molar-refractivity contribution >= 4 is 11.5 Å². The maximum atomic E-state index is 5.99. The van der Waals surface area contributed by atoms with Gasteiger partial charge in [-0.25, -0.2) is 0 Å². The van der Waals surface area contributed by atoms with Gasteiger partial charge in [-0.05, 0) is 42.7 Å². The van der Waals surface area contributed by atoms with Crippen molar-refractivity contribution in [3.05, 3.63) is 12.1 Å². The van der Waals surface area contributed by atoms with Crippen LogP contribution in [0.25, 0.3) is 0 Å². The Morgan fingerprint density at radius 1 is 1.19 bits per heavy atom. The third kappa shape index (κ3) is 5.10. The van der Waals surface area contributed by atoms with Crippen molar-refractivity contribution in [3.8, 4) is 5.88 Å². The maximum absolute atomic E-state index is 5.99. The Hall–Kier alpha value is -1.45. The minimum atomic E-state index is 0.594. The van der Waals surface area contributed by atoms with Crippen molar-refractivity contribution in [2.75, 3.05) is 30.3 Å². The molecule has 1 heterocycles. The second kappa shape index (κ2) is 7.01. The van der Waals surface area contributed by atoms with Gasteiger partial charge in [-0.2, -0.15) is 4.98 Å². The van der Waals surface area contributed by atoms with E-state index in [4.69, 9.17) is 10.5 Å². The van der Waals surface area contributed by atoms with E-state index in [0.29, 0.717) is 29.3 Å². The van der Waals surface area contributed by atoms with E-state index in [1.807, 2.05) is 12.1 Å². The van der Waals surface area contributed by atoms with Gasteiger partial charge in [0.1, 0.15) is 5.82 Å². The number of nitrogen functional groups attached to an aromatic ring is 1. The summed E-state index contributed by atoms with van der Waals surface area (Å²) < 4.78 is 5.80. The Labute approximate surface area is 128 Å². The largest absolute Gasteiger partial charge is 0.476 e. The lowest BCUT2D eigenvalue weighted by molar-refractivity contribution is 0.290. The van der Waals surface area contributed by atoms with Gasteiger partial charge in [-0.1, -0.05) is 27.7 Å². The minimum Gasteiger partial charge on any atom is -0.476 e. The summed E-state index contributed by atoms with van der Waals surface area (Å²) in [5, 5.41) is 0. The number of hydrogen-bond acceptors (Lipinski definition) is 4. The fourth-order valence-electron chi connectivity index (χ4n) is 2.36. The molecule has 0 bridgehead atoms. The summed E-state index contributed by atoms with van der Waals surface area (Å²) in [5.41, 5.74) is 6.63. The molecule has 0 spiro atoms. The summed E-state index contributed by atoms with van der Waals surface area (Å²) >= 11 is 0. The zero-order valence-electron chi connectivity index (χ0n) is 13.8. The highest BCUT2D eigenvalue weighted by molar-refractivity contribution is 5.54. The van der Waals surface area contributed by atoms with E-state index in [1.54, 1.807) is 0 Å². The van der Waals surface area contributed by atoms with Crippen molar-refractivity contribution in [2.45, 2.75) is 40.5 Å². The van der Waals surface area contributed by atoms with Crippen LogP contribution in [0.15, 0.2) is 12.1 Å². The van der Waals surface area contributed by atoms with Crippen LogP contribution < -0.4 is 15.4 Å². The first-order valence-corrected chi connectivity index (χ1v) is 8.10. The molecular formula is C17H29N3O. The Balaban J connectivity index is 2.11. The van der Waals surface area contributed by atoms with Crippen molar-refractivity contribution < 1.29 is 4.74 Å². The molecule has 0 aromatic carbocycles. The van der Waals surface area contributed by atoms with Gasteiger partial charge in [0, 0.05) is 13.1 Å². The van der Waals surface area contributed by atoms with Gasteiger partial charge in [-0.15, -0.1) is 0 Å². The molecule has 1 aliphatic rings. The standard InChI is InChI=1S/C17H29N3O/c1-12(2)9-20(10-13(3)4)16-8-7-15(18)17(19-16)21-11-14-5-6-14/h7-8,12-14H,5-6,9-11,18H2,1-4H3. The molecule has 21 heavy (non-hydrogen) atoms. The lowest BCUT2D eigenvalue weighted by Crippen LogP contribution is -2.32. The van der Waals surface area contributed by atoms with Crippen LogP contribution in [-0.2, 0) is 0 Å². The summed E-state index contributed by atoms with van der Waals surface area (Å²) in [4.78, 5) is 6.99. The molecule has 4 nitrogen and oxygen atoms in total. The van der Waals surface area contributed by atoms with E-state index in [0.717, 1.165) is 25.5 Å². The third-order valence-corrected chi connectivity index (χ3v) is 3.52. The molecule has 0 atom stereocenters. The van der Waals surface area contributed by atoms with Crippen LogP contribution in [0.5, 0.6) is 5.88 Å². The van der Waals surface area contributed by atoms with Crippen molar-refractivity contribution in [3.63, 3.8) is 0 Å². The number of pyridine rings is 1. The minimum absolute atomic E-state index is 0.594. The molecule has 4 heteroatoms. The van der Waals surface area contributed by atoms with Crippen molar-refractivity contribution in [1.82, 2.24) is 4.98 Å². The van der Waals surface area contributed by atoms with Gasteiger partial charge >= 0.3 is 0 Å². The molecular weight excluding hydrogens is 262 g/mol. The monoisotopic (exact) mass is 291 g/mol. The van der Waals surface area contributed by atoms with Crippen LogP contribution in [0, 0.1) is 17.8 Å². The molecule has 1 aromatic heterocycles. The molecule has 0 aliphatic heterocycles. The van der Waals surface area contributed by atoms with Crippen LogP contribution in [0.2, 0.25) is 0 Å². The van der Waals surface area contributed by atoms with E-state index >= 15 is 0 Å². The summed E-state index contributed by atoms with van der Waals surface area (Å²) in [6, 6.07) is 3.92. The Morgan fingerprint density at radius 2 is 1.81 bits per heavy atom. The first-order chi connectivity index (χ1) is 9.95.